The Morgan fingerprint density at radius 2 is 1.68 bits per heavy atom. The maximum Gasteiger partial charge on any atom is 0.0195 e. The fraction of sp³-hybridized carbons (Fsp3) is 1.00. The van der Waals surface area contributed by atoms with Crippen molar-refractivity contribution in [2.75, 3.05) is 33.2 Å². The Morgan fingerprint density at radius 3 is 2.11 bits per heavy atom. The molecule has 1 aliphatic heterocycles. The highest BCUT2D eigenvalue weighted by atomic mass is 15.3. The minimum atomic E-state index is 0.347. The second kappa shape index (κ2) is 7.05. The summed E-state index contributed by atoms with van der Waals surface area (Å²) in [4.78, 5) is 5.15. The summed E-state index contributed by atoms with van der Waals surface area (Å²) in [5.41, 5.74) is 0.347. The third-order valence-corrected chi connectivity index (χ3v) is 4.67. The van der Waals surface area contributed by atoms with Crippen LogP contribution in [0, 0.1) is 5.41 Å². The van der Waals surface area contributed by atoms with Crippen molar-refractivity contribution in [1.29, 1.82) is 0 Å². The first-order valence-electron chi connectivity index (χ1n) is 7.93. The number of rotatable bonds is 5. The van der Waals surface area contributed by atoms with E-state index in [1.54, 1.807) is 0 Å². The van der Waals surface area contributed by atoms with Gasteiger partial charge in [-0.3, -0.25) is 4.90 Å². The van der Waals surface area contributed by atoms with Gasteiger partial charge in [-0.2, -0.15) is 0 Å². The van der Waals surface area contributed by atoms with Crippen LogP contribution in [0.5, 0.6) is 0 Å². The monoisotopic (exact) mass is 269 g/mol. The molecule has 1 saturated heterocycles. The fourth-order valence-corrected chi connectivity index (χ4v) is 3.10. The van der Waals surface area contributed by atoms with E-state index in [0.717, 1.165) is 6.54 Å². The molecule has 3 atom stereocenters. The maximum atomic E-state index is 3.66. The topological polar surface area (TPSA) is 18.5 Å². The van der Waals surface area contributed by atoms with Gasteiger partial charge in [-0.25, -0.2) is 0 Å². The van der Waals surface area contributed by atoms with E-state index in [-0.39, 0.29) is 0 Å². The molecule has 0 spiro atoms. The molecule has 0 aliphatic carbocycles. The third-order valence-electron chi connectivity index (χ3n) is 4.67. The number of likely N-dealkylation sites (N-methyl/N-ethyl adjacent to an activating group) is 1. The van der Waals surface area contributed by atoms with Crippen molar-refractivity contribution in [2.45, 2.75) is 66.1 Å². The van der Waals surface area contributed by atoms with Gasteiger partial charge in [-0.15, -0.1) is 0 Å². The van der Waals surface area contributed by atoms with E-state index in [1.165, 1.54) is 26.1 Å². The molecule has 0 aromatic rings. The summed E-state index contributed by atoms with van der Waals surface area (Å²) in [7, 11) is 2.25. The van der Waals surface area contributed by atoms with Crippen molar-refractivity contribution < 1.29 is 0 Å². The molecule has 1 N–H and O–H groups in total. The second-order valence-corrected chi connectivity index (χ2v) is 7.39. The van der Waals surface area contributed by atoms with Crippen molar-refractivity contribution in [3.05, 3.63) is 0 Å². The minimum Gasteiger partial charge on any atom is -0.314 e. The van der Waals surface area contributed by atoms with E-state index < -0.39 is 0 Å². The summed E-state index contributed by atoms with van der Waals surface area (Å²) < 4.78 is 0. The van der Waals surface area contributed by atoms with Gasteiger partial charge in [0.25, 0.3) is 0 Å². The van der Waals surface area contributed by atoms with Crippen LogP contribution in [0.15, 0.2) is 0 Å². The molecule has 0 amide bonds. The zero-order chi connectivity index (χ0) is 14.6. The average Bonchev–Trinajstić information content (AvgIpc) is 2.29. The van der Waals surface area contributed by atoms with Gasteiger partial charge in [0.05, 0.1) is 0 Å². The zero-order valence-corrected chi connectivity index (χ0v) is 14.2. The molecule has 3 heteroatoms. The molecule has 0 aromatic heterocycles. The first kappa shape index (κ1) is 16.9. The van der Waals surface area contributed by atoms with Gasteiger partial charge in [0.15, 0.2) is 0 Å². The van der Waals surface area contributed by atoms with Crippen LogP contribution in [0.1, 0.15) is 48.0 Å². The number of nitrogens with zero attached hydrogens (tertiary/aromatic N) is 2. The predicted molar refractivity (Wildman–Crippen MR) is 84.7 cm³/mol. The van der Waals surface area contributed by atoms with Gasteiger partial charge in [0.1, 0.15) is 0 Å². The van der Waals surface area contributed by atoms with Gasteiger partial charge >= 0.3 is 0 Å². The Balaban J connectivity index is 2.46. The number of nitrogens with one attached hydrogen (secondary N) is 1. The molecule has 0 radical (unpaired) electrons. The molecule has 114 valence electrons. The smallest absolute Gasteiger partial charge is 0.0195 e. The lowest BCUT2D eigenvalue weighted by atomic mass is 9.84. The quantitative estimate of drug-likeness (QED) is 0.827. The lowest BCUT2D eigenvalue weighted by Crippen LogP contribution is -2.55. The Labute approximate surface area is 120 Å². The Morgan fingerprint density at radius 1 is 1.16 bits per heavy atom. The van der Waals surface area contributed by atoms with Gasteiger partial charge in [-0.1, -0.05) is 27.7 Å². The Kier molecular flexibility index (Phi) is 6.28. The number of hydrogen-bond donors (Lipinski definition) is 1. The molecule has 3 unspecified atom stereocenters. The van der Waals surface area contributed by atoms with E-state index in [2.05, 4.69) is 63.7 Å². The number of hydrogen-bond acceptors (Lipinski definition) is 3. The van der Waals surface area contributed by atoms with Crippen LogP contribution < -0.4 is 5.32 Å². The van der Waals surface area contributed by atoms with Crippen molar-refractivity contribution in [1.82, 2.24) is 15.1 Å². The van der Waals surface area contributed by atoms with Gasteiger partial charge in [0, 0.05) is 31.2 Å². The summed E-state index contributed by atoms with van der Waals surface area (Å²) in [5, 5.41) is 3.66. The van der Waals surface area contributed by atoms with Crippen molar-refractivity contribution >= 4 is 0 Å². The third kappa shape index (κ3) is 5.05. The highest BCUT2D eigenvalue weighted by Crippen LogP contribution is 2.23. The normalized spacial score (nSPS) is 28.6. The van der Waals surface area contributed by atoms with E-state index in [1.807, 2.05) is 0 Å². The van der Waals surface area contributed by atoms with E-state index in [4.69, 9.17) is 0 Å². The lowest BCUT2D eigenvalue weighted by molar-refractivity contribution is 0.0548. The first-order valence-corrected chi connectivity index (χ1v) is 7.93. The molecule has 1 heterocycles. The predicted octanol–water partition coefficient (Wildman–Crippen LogP) is 2.43. The molecule has 1 fully saturated rings. The zero-order valence-electron chi connectivity index (χ0n) is 14.2. The molecule has 1 rings (SSSR count). The molecular weight excluding hydrogens is 234 g/mol. The van der Waals surface area contributed by atoms with E-state index >= 15 is 0 Å². The van der Waals surface area contributed by atoms with Crippen LogP contribution in [-0.4, -0.2) is 61.2 Å². The summed E-state index contributed by atoms with van der Waals surface area (Å²) in [6.07, 6.45) is 1.25. The molecule has 19 heavy (non-hydrogen) atoms. The SMILES string of the molecule is CCNC(CCN1CC(C)N(C)C(C)C1)C(C)(C)C. The van der Waals surface area contributed by atoms with Crippen LogP contribution in [0.4, 0.5) is 0 Å². The van der Waals surface area contributed by atoms with Crippen LogP contribution in [0.2, 0.25) is 0 Å². The highest BCUT2D eigenvalue weighted by Gasteiger charge is 2.28. The fourth-order valence-electron chi connectivity index (χ4n) is 3.10. The Hall–Kier alpha value is -0.120. The largest absolute Gasteiger partial charge is 0.314 e. The molecule has 0 saturated carbocycles. The van der Waals surface area contributed by atoms with Crippen LogP contribution in [0.3, 0.4) is 0 Å². The van der Waals surface area contributed by atoms with Crippen molar-refractivity contribution in [3.8, 4) is 0 Å². The standard InChI is InChI=1S/C16H35N3/c1-8-17-15(16(4,5)6)9-10-19-11-13(2)18(7)14(3)12-19/h13-15,17H,8-12H2,1-7H3. The maximum absolute atomic E-state index is 3.66. The first-order chi connectivity index (χ1) is 8.75. The molecular formula is C16H35N3. The Bertz CT molecular complexity index is 247. The van der Waals surface area contributed by atoms with Gasteiger partial charge in [0.2, 0.25) is 0 Å². The van der Waals surface area contributed by atoms with E-state index in [9.17, 15) is 0 Å². The van der Waals surface area contributed by atoms with Crippen molar-refractivity contribution in [3.63, 3.8) is 0 Å². The van der Waals surface area contributed by atoms with Gasteiger partial charge < -0.3 is 10.2 Å². The average molecular weight is 269 g/mol. The highest BCUT2D eigenvalue weighted by molar-refractivity contribution is 4.85. The molecule has 1 aliphatic rings. The van der Waals surface area contributed by atoms with Crippen molar-refractivity contribution in [2.24, 2.45) is 5.41 Å². The van der Waals surface area contributed by atoms with Crippen LogP contribution in [0.25, 0.3) is 0 Å². The second-order valence-electron chi connectivity index (χ2n) is 7.39. The van der Waals surface area contributed by atoms with Gasteiger partial charge in [-0.05, 0) is 45.8 Å². The van der Waals surface area contributed by atoms with E-state index in [0.29, 0.717) is 23.5 Å². The minimum absolute atomic E-state index is 0.347. The molecule has 3 nitrogen and oxygen atoms in total. The summed E-state index contributed by atoms with van der Waals surface area (Å²) >= 11 is 0. The summed E-state index contributed by atoms with van der Waals surface area (Å²) in [6.45, 7) is 18.6. The van der Waals surface area contributed by atoms with Crippen LogP contribution in [-0.2, 0) is 0 Å². The molecule has 0 bridgehead atoms. The lowest BCUT2D eigenvalue weighted by Gasteiger charge is -2.43. The van der Waals surface area contributed by atoms with Crippen LogP contribution >= 0.6 is 0 Å². The summed E-state index contributed by atoms with van der Waals surface area (Å²) in [6, 6.07) is 1.97. The summed E-state index contributed by atoms with van der Waals surface area (Å²) in [5.74, 6) is 0. The number of piperazine rings is 1. The molecule has 0 aromatic carbocycles.